The lowest BCUT2D eigenvalue weighted by molar-refractivity contribution is 0.0478. The van der Waals surface area contributed by atoms with Gasteiger partial charge in [0, 0.05) is 44.3 Å². The molecule has 6 rings (SSSR count). The highest BCUT2D eigenvalue weighted by Gasteiger charge is 2.40. The Balaban J connectivity index is 1.23. The molecule has 2 aromatic rings. The number of aryl methyl sites for hydroxylation is 2. The molecule has 206 valence electrons. The molecule has 5 atom stereocenters. The number of hydrogen-bond donors (Lipinski definition) is 0. The summed E-state index contributed by atoms with van der Waals surface area (Å²) >= 11 is 0. The molecule has 2 fully saturated rings. The Kier molecular flexibility index (Phi) is 7.30. The number of aromatic nitrogens is 2. The summed E-state index contributed by atoms with van der Waals surface area (Å²) in [5.74, 6) is 2.96. The van der Waals surface area contributed by atoms with Crippen LogP contribution in [0.3, 0.4) is 0 Å². The summed E-state index contributed by atoms with van der Waals surface area (Å²) in [7, 11) is 1.83. The van der Waals surface area contributed by atoms with Crippen molar-refractivity contribution >= 4 is 17.5 Å². The van der Waals surface area contributed by atoms with Gasteiger partial charge in [0.1, 0.15) is 18.0 Å². The first-order valence-corrected chi connectivity index (χ1v) is 14.3. The maximum Gasteiger partial charge on any atom is 0.292 e. The molecule has 1 aromatic carbocycles. The van der Waals surface area contributed by atoms with Crippen LogP contribution in [-0.4, -0.2) is 67.6 Å². The highest BCUT2D eigenvalue weighted by Crippen LogP contribution is 2.45. The Morgan fingerprint density at radius 3 is 2.74 bits per heavy atom. The smallest absolute Gasteiger partial charge is 0.292 e. The van der Waals surface area contributed by atoms with Gasteiger partial charge in [0.15, 0.2) is 11.6 Å². The molecule has 1 aliphatic carbocycles. The molecular formula is C31H39N5O3. The van der Waals surface area contributed by atoms with Crippen molar-refractivity contribution in [1.29, 1.82) is 0 Å². The van der Waals surface area contributed by atoms with Crippen molar-refractivity contribution in [2.24, 2.45) is 10.9 Å². The average molecular weight is 530 g/mol. The minimum Gasteiger partial charge on any atom is -0.479 e. The number of nitrogens with zero attached hydrogens (tertiary/aromatic N) is 5. The molecule has 4 aliphatic rings. The number of fused-ring (bicyclic) bond motifs is 3. The molecule has 8 nitrogen and oxygen atoms in total. The van der Waals surface area contributed by atoms with E-state index in [9.17, 15) is 0 Å². The van der Waals surface area contributed by atoms with E-state index in [0.29, 0.717) is 11.9 Å². The quantitative estimate of drug-likeness (QED) is 0.406. The van der Waals surface area contributed by atoms with Crippen molar-refractivity contribution in [3.63, 3.8) is 0 Å². The number of hydrogen-bond acceptors (Lipinski definition) is 7. The average Bonchev–Trinajstić information content (AvgIpc) is 3.58. The highest BCUT2D eigenvalue weighted by molar-refractivity contribution is 5.92. The molecule has 0 bridgehead atoms. The van der Waals surface area contributed by atoms with Gasteiger partial charge >= 0.3 is 0 Å². The molecule has 4 heterocycles. The number of ether oxygens (including phenoxy) is 3. The fourth-order valence-corrected chi connectivity index (χ4v) is 6.18. The number of amidine groups is 1. The summed E-state index contributed by atoms with van der Waals surface area (Å²) in [5.41, 5.74) is 3.42. The van der Waals surface area contributed by atoms with Crippen LogP contribution in [0.4, 0.5) is 11.5 Å². The van der Waals surface area contributed by atoms with E-state index in [2.05, 4.69) is 66.1 Å². The Morgan fingerprint density at radius 1 is 1.15 bits per heavy atom. The number of benzene rings is 1. The monoisotopic (exact) mass is 529 g/mol. The van der Waals surface area contributed by atoms with E-state index in [1.807, 2.05) is 20.0 Å². The van der Waals surface area contributed by atoms with Crippen LogP contribution in [0.1, 0.15) is 49.7 Å². The normalized spacial score (nSPS) is 27.7. The van der Waals surface area contributed by atoms with Gasteiger partial charge in [-0.15, -0.1) is 0 Å². The Labute approximate surface area is 231 Å². The van der Waals surface area contributed by atoms with E-state index in [-0.39, 0.29) is 24.2 Å². The lowest BCUT2D eigenvalue weighted by Gasteiger charge is -2.40. The predicted molar refractivity (Wildman–Crippen MR) is 154 cm³/mol. The molecule has 8 heteroatoms. The van der Waals surface area contributed by atoms with Gasteiger partial charge in [-0.3, -0.25) is 4.90 Å². The first-order valence-electron chi connectivity index (χ1n) is 14.3. The van der Waals surface area contributed by atoms with Gasteiger partial charge in [-0.05, 0) is 43.5 Å². The second-order valence-corrected chi connectivity index (χ2v) is 11.0. The van der Waals surface area contributed by atoms with Crippen LogP contribution in [0.5, 0.6) is 5.75 Å². The largest absolute Gasteiger partial charge is 0.479 e. The van der Waals surface area contributed by atoms with E-state index < -0.39 is 0 Å². The van der Waals surface area contributed by atoms with Crippen molar-refractivity contribution in [3.8, 4) is 5.75 Å². The highest BCUT2D eigenvalue weighted by atomic mass is 16.5. The van der Waals surface area contributed by atoms with Crippen LogP contribution in [0.2, 0.25) is 0 Å². The molecule has 0 spiro atoms. The number of anilines is 2. The van der Waals surface area contributed by atoms with Crippen LogP contribution in [0, 0.1) is 12.8 Å². The van der Waals surface area contributed by atoms with Crippen molar-refractivity contribution in [2.75, 3.05) is 43.2 Å². The summed E-state index contributed by atoms with van der Waals surface area (Å²) in [4.78, 5) is 18.9. The van der Waals surface area contributed by atoms with E-state index in [1.165, 1.54) is 5.56 Å². The zero-order chi connectivity index (χ0) is 26.9. The molecule has 0 N–H and O–H groups in total. The number of aliphatic imine (C=N–C) groups is 1. The van der Waals surface area contributed by atoms with Crippen molar-refractivity contribution < 1.29 is 14.2 Å². The molecule has 3 aliphatic heterocycles. The fraction of sp³-hybridized carbons (Fsp3) is 0.516. The van der Waals surface area contributed by atoms with Gasteiger partial charge in [-0.1, -0.05) is 44.2 Å². The minimum absolute atomic E-state index is 0.00865. The molecule has 39 heavy (non-hydrogen) atoms. The van der Waals surface area contributed by atoms with E-state index in [1.54, 1.807) is 0 Å². The van der Waals surface area contributed by atoms with Crippen molar-refractivity contribution in [1.82, 2.24) is 9.97 Å². The van der Waals surface area contributed by atoms with E-state index >= 15 is 0 Å². The topological polar surface area (TPSA) is 72.3 Å². The lowest BCUT2D eigenvalue weighted by atomic mass is 9.95. The first kappa shape index (κ1) is 25.9. The zero-order valence-corrected chi connectivity index (χ0v) is 23.4. The minimum atomic E-state index is -0.0116. The van der Waals surface area contributed by atoms with Gasteiger partial charge in [0.25, 0.3) is 6.02 Å². The van der Waals surface area contributed by atoms with E-state index in [0.717, 1.165) is 74.3 Å². The molecule has 0 radical (unpaired) electrons. The Bertz CT molecular complexity index is 1270. The summed E-state index contributed by atoms with van der Waals surface area (Å²) in [6, 6.07) is 9.74. The third-order valence-electron chi connectivity index (χ3n) is 8.30. The Hall–Kier alpha value is -3.39. The summed E-state index contributed by atoms with van der Waals surface area (Å²) in [5, 5.41) is 0. The number of allylic oxidation sites excluding steroid dienone is 2. The fourth-order valence-electron chi connectivity index (χ4n) is 6.18. The number of rotatable bonds is 5. The predicted octanol–water partition coefficient (Wildman–Crippen LogP) is 4.83. The van der Waals surface area contributed by atoms with E-state index in [4.69, 9.17) is 29.2 Å². The third kappa shape index (κ3) is 5.02. The van der Waals surface area contributed by atoms with Crippen molar-refractivity contribution in [2.45, 2.75) is 64.2 Å². The van der Waals surface area contributed by atoms with Crippen LogP contribution in [0.25, 0.3) is 0 Å². The molecule has 0 saturated carbocycles. The zero-order valence-electron chi connectivity index (χ0n) is 23.4. The molecule has 1 aromatic heterocycles. The first-order chi connectivity index (χ1) is 19.1. The lowest BCUT2D eigenvalue weighted by Crippen LogP contribution is -2.50. The summed E-state index contributed by atoms with van der Waals surface area (Å²) < 4.78 is 18.9. The van der Waals surface area contributed by atoms with Gasteiger partial charge in [-0.2, -0.15) is 0 Å². The second kappa shape index (κ2) is 11.0. The van der Waals surface area contributed by atoms with Crippen LogP contribution in [-0.2, 0) is 15.9 Å². The maximum atomic E-state index is 6.72. The Morgan fingerprint density at radius 2 is 1.97 bits per heavy atom. The molecule has 3 unspecified atom stereocenters. The summed E-state index contributed by atoms with van der Waals surface area (Å²) in [6.07, 6.45) is 11.2. The van der Waals surface area contributed by atoms with Gasteiger partial charge in [0.2, 0.25) is 0 Å². The van der Waals surface area contributed by atoms with Gasteiger partial charge in [0.05, 0.1) is 24.8 Å². The van der Waals surface area contributed by atoms with Crippen LogP contribution < -0.4 is 14.5 Å². The van der Waals surface area contributed by atoms with Gasteiger partial charge < -0.3 is 19.1 Å². The molecule has 2 saturated heterocycles. The van der Waals surface area contributed by atoms with Crippen LogP contribution in [0.15, 0.2) is 53.6 Å². The second-order valence-electron chi connectivity index (χ2n) is 11.0. The maximum absolute atomic E-state index is 6.72. The van der Waals surface area contributed by atoms with Crippen molar-refractivity contribution in [3.05, 3.63) is 65.7 Å². The van der Waals surface area contributed by atoms with Crippen LogP contribution >= 0.6 is 0 Å². The SMILES string of the molecule is CCc1ccc(N(C(=NC)O[C@H]2CCN(c3nc(C)nc4c3OC3C=CC=CC43)C2)[C@@H]2CCOCC2C)cc1. The van der Waals surface area contributed by atoms with Gasteiger partial charge in [-0.25, -0.2) is 15.0 Å². The molecular weight excluding hydrogens is 490 g/mol. The standard InChI is InChI=1S/C31H39N5O3/c1-5-22-10-12-23(13-11-22)36(26-15-17-37-19-20(26)2)31(32-4)38-24-14-16-35(18-24)30-29-28(33-21(3)34-30)25-8-6-7-9-27(25)39-29/h6-13,20,24-27H,5,14-19H2,1-4H3/t20?,24-,25?,26+,27?/m0/s1. The summed E-state index contributed by atoms with van der Waals surface area (Å²) in [6.45, 7) is 9.45. The molecule has 0 amide bonds. The third-order valence-corrected chi connectivity index (χ3v) is 8.30.